The van der Waals surface area contributed by atoms with Gasteiger partial charge in [-0.2, -0.15) is 0 Å². The zero-order chi connectivity index (χ0) is 15.7. The van der Waals surface area contributed by atoms with Crippen LogP contribution < -0.4 is 11.1 Å². The molecule has 3 rings (SSSR count). The fraction of sp³-hybridized carbons (Fsp3) is 0. The zero-order valence-corrected chi connectivity index (χ0v) is 12.9. The summed E-state index contributed by atoms with van der Waals surface area (Å²) in [6.45, 7) is 0. The summed E-state index contributed by atoms with van der Waals surface area (Å²) in [5.41, 5.74) is 6.72. The molecule has 6 heteroatoms. The van der Waals surface area contributed by atoms with E-state index in [0.29, 0.717) is 16.8 Å². The van der Waals surface area contributed by atoms with Gasteiger partial charge >= 0.3 is 0 Å². The molecule has 0 bridgehead atoms. The summed E-state index contributed by atoms with van der Waals surface area (Å²) < 4.78 is 6.35. The number of para-hydroxylation sites is 1. The average Bonchev–Trinajstić information content (AvgIpc) is 2.93. The van der Waals surface area contributed by atoms with Gasteiger partial charge in [-0.25, -0.2) is 0 Å². The van der Waals surface area contributed by atoms with Crippen molar-refractivity contribution in [3.05, 3.63) is 64.3 Å². The summed E-state index contributed by atoms with van der Waals surface area (Å²) in [7, 11) is 0. The van der Waals surface area contributed by atoms with E-state index in [4.69, 9.17) is 10.2 Å². The largest absolute Gasteiger partial charge is 0.450 e. The number of carbonyl (C=O) groups excluding carboxylic acids is 2. The van der Waals surface area contributed by atoms with Crippen LogP contribution in [0.4, 0.5) is 5.69 Å². The minimum Gasteiger partial charge on any atom is -0.450 e. The third kappa shape index (κ3) is 2.73. The number of anilines is 1. The first-order valence-corrected chi connectivity index (χ1v) is 7.23. The Bertz CT molecular complexity index is 869. The van der Waals surface area contributed by atoms with E-state index in [1.54, 1.807) is 30.3 Å². The second-order valence-electron chi connectivity index (χ2n) is 4.66. The number of halogens is 1. The molecule has 0 fully saturated rings. The van der Waals surface area contributed by atoms with Gasteiger partial charge in [0.1, 0.15) is 5.58 Å². The van der Waals surface area contributed by atoms with Gasteiger partial charge in [0.25, 0.3) is 5.91 Å². The lowest BCUT2D eigenvalue weighted by molar-refractivity contribution is 0.0992. The predicted molar refractivity (Wildman–Crippen MR) is 86.8 cm³/mol. The van der Waals surface area contributed by atoms with Crippen LogP contribution in [0.15, 0.2) is 57.4 Å². The second-order valence-corrected chi connectivity index (χ2v) is 5.52. The summed E-state index contributed by atoms with van der Waals surface area (Å²) in [6.07, 6.45) is 0. The molecule has 0 aliphatic heterocycles. The van der Waals surface area contributed by atoms with Crippen LogP contribution in [0.3, 0.4) is 0 Å². The SMILES string of the molecule is NC(=O)c1ccc(NC(=O)c2cc3cccc(Br)c3o2)cc1. The quantitative estimate of drug-likeness (QED) is 0.750. The fourth-order valence-corrected chi connectivity index (χ4v) is 2.51. The van der Waals surface area contributed by atoms with Crippen LogP contribution in [0.25, 0.3) is 11.0 Å². The molecule has 0 atom stereocenters. The predicted octanol–water partition coefficient (Wildman–Crippen LogP) is 3.55. The Hall–Kier alpha value is -2.60. The fourth-order valence-electron chi connectivity index (χ4n) is 2.05. The number of fused-ring (bicyclic) bond motifs is 1. The van der Waals surface area contributed by atoms with Crippen LogP contribution in [0.2, 0.25) is 0 Å². The second kappa shape index (κ2) is 5.65. The molecular weight excluding hydrogens is 348 g/mol. The number of hydrogen-bond donors (Lipinski definition) is 2. The number of furan rings is 1. The maximum atomic E-state index is 12.2. The van der Waals surface area contributed by atoms with Crippen LogP contribution in [0.1, 0.15) is 20.9 Å². The van der Waals surface area contributed by atoms with E-state index >= 15 is 0 Å². The molecule has 0 aliphatic carbocycles. The molecule has 110 valence electrons. The minimum absolute atomic E-state index is 0.209. The monoisotopic (exact) mass is 358 g/mol. The maximum absolute atomic E-state index is 12.2. The highest BCUT2D eigenvalue weighted by molar-refractivity contribution is 9.10. The topological polar surface area (TPSA) is 85.3 Å². The van der Waals surface area contributed by atoms with Crippen molar-refractivity contribution in [1.82, 2.24) is 0 Å². The highest BCUT2D eigenvalue weighted by Crippen LogP contribution is 2.27. The molecule has 0 aliphatic rings. The van der Waals surface area contributed by atoms with E-state index in [0.717, 1.165) is 9.86 Å². The van der Waals surface area contributed by atoms with E-state index in [-0.39, 0.29) is 11.7 Å². The Morgan fingerprint density at radius 1 is 1.09 bits per heavy atom. The highest BCUT2D eigenvalue weighted by Gasteiger charge is 2.14. The van der Waals surface area contributed by atoms with Crippen molar-refractivity contribution in [2.24, 2.45) is 5.73 Å². The molecule has 2 amide bonds. The maximum Gasteiger partial charge on any atom is 0.291 e. The van der Waals surface area contributed by atoms with Crippen molar-refractivity contribution in [2.45, 2.75) is 0 Å². The Morgan fingerprint density at radius 3 is 2.45 bits per heavy atom. The van der Waals surface area contributed by atoms with Crippen molar-refractivity contribution in [2.75, 3.05) is 5.32 Å². The molecule has 0 saturated heterocycles. The first-order chi connectivity index (χ1) is 10.5. The minimum atomic E-state index is -0.514. The molecule has 2 aromatic carbocycles. The molecule has 0 unspecified atom stereocenters. The molecule has 22 heavy (non-hydrogen) atoms. The summed E-state index contributed by atoms with van der Waals surface area (Å²) in [6, 6.07) is 13.6. The van der Waals surface area contributed by atoms with Crippen LogP contribution >= 0.6 is 15.9 Å². The first-order valence-electron chi connectivity index (χ1n) is 6.44. The van der Waals surface area contributed by atoms with Crippen molar-refractivity contribution < 1.29 is 14.0 Å². The van der Waals surface area contributed by atoms with E-state index in [1.165, 1.54) is 0 Å². The van der Waals surface area contributed by atoms with Gasteiger partial charge in [0.2, 0.25) is 5.91 Å². The van der Waals surface area contributed by atoms with Crippen LogP contribution in [-0.2, 0) is 0 Å². The molecule has 5 nitrogen and oxygen atoms in total. The van der Waals surface area contributed by atoms with Crippen molar-refractivity contribution >= 4 is 44.4 Å². The van der Waals surface area contributed by atoms with Gasteiger partial charge < -0.3 is 15.5 Å². The lowest BCUT2D eigenvalue weighted by Crippen LogP contribution is -2.12. The molecule has 0 radical (unpaired) electrons. The van der Waals surface area contributed by atoms with Gasteiger partial charge in [-0.3, -0.25) is 9.59 Å². The number of nitrogens with one attached hydrogen (secondary N) is 1. The first kappa shape index (κ1) is 14.3. The summed E-state index contributed by atoms with van der Waals surface area (Å²) in [4.78, 5) is 23.2. The van der Waals surface area contributed by atoms with Gasteiger partial charge in [-0.15, -0.1) is 0 Å². The van der Waals surface area contributed by atoms with Gasteiger partial charge in [0.05, 0.1) is 4.47 Å². The number of nitrogens with two attached hydrogens (primary N) is 1. The number of hydrogen-bond acceptors (Lipinski definition) is 3. The number of carbonyl (C=O) groups is 2. The number of rotatable bonds is 3. The van der Waals surface area contributed by atoms with E-state index in [1.807, 2.05) is 18.2 Å². The van der Waals surface area contributed by atoms with Crippen LogP contribution in [0, 0.1) is 0 Å². The Kier molecular flexibility index (Phi) is 3.68. The summed E-state index contributed by atoms with van der Waals surface area (Å²) in [5.74, 6) is -0.671. The highest BCUT2D eigenvalue weighted by atomic mass is 79.9. The molecular formula is C16H11BrN2O3. The Morgan fingerprint density at radius 2 is 1.82 bits per heavy atom. The average molecular weight is 359 g/mol. The van der Waals surface area contributed by atoms with E-state index < -0.39 is 5.91 Å². The molecule has 3 N–H and O–H groups in total. The molecule has 0 saturated carbocycles. The van der Waals surface area contributed by atoms with Gasteiger partial charge in [0, 0.05) is 16.6 Å². The van der Waals surface area contributed by atoms with Crippen LogP contribution in [0.5, 0.6) is 0 Å². The zero-order valence-electron chi connectivity index (χ0n) is 11.3. The number of primary amides is 1. The van der Waals surface area contributed by atoms with Gasteiger partial charge in [0.15, 0.2) is 5.76 Å². The summed E-state index contributed by atoms with van der Waals surface area (Å²) >= 11 is 3.38. The number of benzene rings is 2. The van der Waals surface area contributed by atoms with E-state index in [2.05, 4.69) is 21.2 Å². The Labute approximate surface area is 134 Å². The van der Waals surface area contributed by atoms with Crippen molar-refractivity contribution in [1.29, 1.82) is 0 Å². The normalized spacial score (nSPS) is 10.6. The van der Waals surface area contributed by atoms with Crippen LogP contribution in [-0.4, -0.2) is 11.8 Å². The lowest BCUT2D eigenvalue weighted by Gasteiger charge is -2.03. The van der Waals surface area contributed by atoms with Gasteiger partial charge in [-0.05, 0) is 52.3 Å². The summed E-state index contributed by atoms with van der Waals surface area (Å²) in [5, 5.41) is 3.54. The molecule has 3 aromatic rings. The van der Waals surface area contributed by atoms with Gasteiger partial charge in [-0.1, -0.05) is 12.1 Å². The molecule has 0 spiro atoms. The third-order valence-corrected chi connectivity index (χ3v) is 3.77. The lowest BCUT2D eigenvalue weighted by atomic mass is 10.2. The van der Waals surface area contributed by atoms with E-state index in [9.17, 15) is 9.59 Å². The smallest absolute Gasteiger partial charge is 0.291 e. The molecule has 1 aromatic heterocycles. The molecule has 1 heterocycles. The van der Waals surface area contributed by atoms with Crippen molar-refractivity contribution in [3.63, 3.8) is 0 Å². The number of amides is 2. The Balaban J connectivity index is 1.83. The standard InChI is InChI=1S/C16H11BrN2O3/c17-12-3-1-2-10-8-13(22-14(10)12)16(21)19-11-6-4-9(5-7-11)15(18)20/h1-8H,(H2,18,20)(H,19,21). The third-order valence-electron chi connectivity index (χ3n) is 3.15. The van der Waals surface area contributed by atoms with Crippen molar-refractivity contribution in [3.8, 4) is 0 Å².